The van der Waals surface area contributed by atoms with Crippen LogP contribution in [0.2, 0.25) is 0 Å². The fourth-order valence-corrected chi connectivity index (χ4v) is 5.98. The zero-order valence-corrected chi connectivity index (χ0v) is 19.1. The molecule has 7 nitrogen and oxygen atoms in total. The average Bonchev–Trinajstić information content (AvgIpc) is 3.38. The van der Waals surface area contributed by atoms with Gasteiger partial charge in [-0.05, 0) is 55.0 Å². The zero-order chi connectivity index (χ0) is 23.2. The highest BCUT2D eigenvalue weighted by molar-refractivity contribution is 6.05. The molecule has 0 spiro atoms. The Hall–Kier alpha value is -3.19. The topological polar surface area (TPSA) is 79.0 Å². The molecule has 3 amide bonds. The maximum Gasteiger partial charge on any atom is 0.255 e. The summed E-state index contributed by atoms with van der Waals surface area (Å²) in [6.45, 7) is 2.53. The molecule has 6 rings (SSSR count). The molecule has 0 bridgehead atoms. The molecule has 2 saturated heterocycles. The summed E-state index contributed by atoms with van der Waals surface area (Å²) in [7, 11) is 0. The molecule has 0 aromatic heterocycles. The van der Waals surface area contributed by atoms with E-state index in [1.807, 2.05) is 18.2 Å². The standard InChI is InChI=1S/C27H29N3O4/c31-25-12-11-23(26(32)28-25)30-16-18-13-20(9-10-21(18)27(30)33)34-24-8-4-7-22(24)29-14-19(15-29)17-5-2-1-3-6-17/h1-3,5-6,9-10,13,19,22-24H,4,7-8,11-12,14-16H2,(H,28,31,32). The van der Waals surface area contributed by atoms with E-state index < -0.39 is 6.04 Å². The molecule has 176 valence electrons. The quantitative estimate of drug-likeness (QED) is 0.696. The van der Waals surface area contributed by atoms with Gasteiger partial charge in [0.1, 0.15) is 17.9 Å². The van der Waals surface area contributed by atoms with Gasteiger partial charge in [-0.2, -0.15) is 0 Å². The Morgan fingerprint density at radius 1 is 0.941 bits per heavy atom. The molecule has 1 saturated carbocycles. The fourth-order valence-electron chi connectivity index (χ4n) is 5.98. The maximum atomic E-state index is 12.9. The van der Waals surface area contributed by atoms with E-state index in [4.69, 9.17) is 4.74 Å². The highest BCUT2D eigenvalue weighted by Gasteiger charge is 2.41. The van der Waals surface area contributed by atoms with Gasteiger partial charge in [-0.25, -0.2) is 0 Å². The van der Waals surface area contributed by atoms with Gasteiger partial charge in [-0.3, -0.25) is 24.6 Å². The number of hydrogen-bond acceptors (Lipinski definition) is 5. The van der Waals surface area contributed by atoms with Gasteiger partial charge in [-0.15, -0.1) is 0 Å². The highest BCUT2D eigenvalue weighted by atomic mass is 16.5. The first kappa shape index (κ1) is 21.4. The Balaban J connectivity index is 1.11. The molecule has 1 aliphatic carbocycles. The first-order valence-electron chi connectivity index (χ1n) is 12.3. The Bertz CT molecular complexity index is 1130. The average molecular weight is 460 g/mol. The minimum Gasteiger partial charge on any atom is -0.489 e. The van der Waals surface area contributed by atoms with Crippen LogP contribution in [0, 0.1) is 0 Å². The van der Waals surface area contributed by atoms with Gasteiger partial charge in [0.15, 0.2) is 0 Å². The van der Waals surface area contributed by atoms with Crippen molar-refractivity contribution in [1.29, 1.82) is 0 Å². The lowest BCUT2D eigenvalue weighted by Gasteiger charge is -2.45. The molecular formula is C27H29N3O4. The number of piperidine rings is 1. The van der Waals surface area contributed by atoms with Crippen LogP contribution in [0.5, 0.6) is 5.75 Å². The van der Waals surface area contributed by atoms with Crippen LogP contribution in [0.3, 0.4) is 0 Å². The fraction of sp³-hybridized carbons (Fsp3) is 0.444. The van der Waals surface area contributed by atoms with E-state index in [1.165, 1.54) is 5.56 Å². The molecule has 4 aliphatic rings. The predicted molar refractivity (Wildman–Crippen MR) is 125 cm³/mol. The second-order valence-electron chi connectivity index (χ2n) is 9.93. The Kier molecular flexibility index (Phi) is 5.37. The summed E-state index contributed by atoms with van der Waals surface area (Å²) >= 11 is 0. The Morgan fingerprint density at radius 3 is 2.56 bits per heavy atom. The molecule has 3 atom stereocenters. The number of benzene rings is 2. The molecule has 2 aromatic carbocycles. The largest absolute Gasteiger partial charge is 0.489 e. The van der Waals surface area contributed by atoms with E-state index in [0.717, 1.165) is 43.7 Å². The summed E-state index contributed by atoms with van der Waals surface area (Å²) in [6.07, 6.45) is 4.13. The number of rotatable bonds is 5. The lowest BCUT2D eigenvalue weighted by Crippen LogP contribution is -2.54. The van der Waals surface area contributed by atoms with Gasteiger partial charge in [0.2, 0.25) is 11.8 Å². The van der Waals surface area contributed by atoms with Crippen LogP contribution in [0.1, 0.15) is 59.5 Å². The number of nitrogens with zero attached hydrogens (tertiary/aromatic N) is 2. The van der Waals surface area contributed by atoms with Crippen molar-refractivity contribution < 1.29 is 19.1 Å². The van der Waals surface area contributed by atoms with E-state index in [-0.39, 0.29) is 30.2 Å². The van der Waals surface area contributed by atoms with Crippen molar-refractivity contribution in [2.75, 3.05) is 13.1 Å². The lowest BCUT2D eigenvalue weighted by molar-refractivity contribution is -0.136. The van der Waals surface area contributed by atoms with Crippen molar-refractivity contribution >= 4 is 17.7 Å². The first-order chi connectivity index (χ1) is 16.6. The minimum atomic E-state index is -0.592. The van der Waals surface area contributed by atoms with Crippen molar-refractivity contribution in [3.8, 4) is 5.75 Å². The number of likely N-dealkylation sites (tertiary alicyclic amines) is 1. The summed E-state index contributed by atoms with van der Waals surface area (Å²) in [5.41, 5.74) is 2.92. The highest BCUT2D eigenvalue weighted by Crippen LogP contribution is 2.37. The number of carbonyl (C=O) groups excluding carboxylic acids is 3. The molecule has 0 radical (unpaired) electrons. The van der Waals surface area contributed by atoms with E-state index >= 15 is 0 Å². The Morgan fingerprint density at radius 2 is 1.76 bits per heavy atom. The van der Waals surface area contributed by atoms with Gasteiger partial charge < -0.3 is 9.64 Å². The number of fused-ring (bicyclic) bond motifs is 1. The Labute approximate surface area is 199 Å². The van der Waals surface area contributed by atoms with Crippen molar-refractivity contribution in [2.45, 2.75) is 62.8 Å². The van der Waals surface area contributed by atoms with Gasteiger partial charge in [0, 0.05) is 43.6 Å². The molecular weight excluding hydrogens is 430 g/mol. The van der Waals surface area contributed by atoms with Gasteiger partial charge in [0.05, 0.1) is 0 Å². The molecule has 3 unspecified atom stereocenters. The second-order valence-corrected chi connectivity index (χ2v) is 9.93. The van der Waals surface area contributed by atoms with E-state index in [0.29, 0.717) is 30.5 Å². The van der Waals surface area contributed by atoms with Crippen LogP contribution in [0.4, 0.5) is 0 Å². The number of hydrogen-bond donors (Lipinski definition) is 1. The summed E-state index contributed by atoms with van der Waals surface area (Å²) < 4.78 is 6.47. The van der Waals surface area contributed by atoms with Gasteiger partial charge in [0.25, 0.3) is 5.91 Å². The second kappa shape index (κ2) is 8.55. The van der Waals surface area contributed by atoms with E-state index in [2.05, 4.69) is 40.5 Å². The van der Waals surface area contributed by atoms with E-state index in [1.54, 1.807) is 4.90 Å². The molecule has 7 heteroatoms. The van der Waals surface area contributed by atoms with Crippen LogP contribution >= 0.6 is 0 Å². The summed E-state index contributed by atoms with van der Waals surface area (Å²) in [6, 6.07) is 16.2. The SMILES string of the molecule is O=C1CCC(N2Cc3cc(OC4CCCC4N4CC(c5ccccc5)C4)ccc3C2=O)C(=O)N1. The zero-order valence-electron chi connectivity index (χ0n) is 19.1. The minimum absolute atomic E-state index is 0.151. The maximum absolute atomic E-state index is 12.9. The third kappa shape index (κ3) is 3.78. The normalized spacial score (nSPS) is 27.5. The number of nitrogens with one attached hydrogen (secondary N) is 1. The van der Waals surface area contributed by atoms with Crippen LogP contribution < -0.4 is 10.1 Å². The summed E-state index contributed by atoms with van der Waals surface area (Å²) in [4.78, 5) is 40.8. The number of amides is 3. The van der Waals surface area contributed by atoms with Crippen molar-refractivity contribution in [2.24, 2.45) is 0 Å². The third-order valence-corrected chi connectivity index (χ3v) is 7.85. The summed E-state index contributed by atoms with van der Waals surface area (Å²) in [5.74, 6) is 0.582. The molecule has 3 aliphatic heterocycles. The molecule has 3 heterocycles. The van der Waals surface area contributed by atoms with Crippen LogP contribution in [0.15, 0.2) is 48.5 Å². The molecule has 2 aromatic rings. The van der Waals surface area contributed by atoms with Crippen LogP contribution in [-0.4, -0.2) is 58.8 Å². The van der Waals surface area contributed by atoms with Crippen molar-refractivity contribution in [3.63, 3.8) is 0 Å². The smallest absolute Gasteiger partial charge is 0.255 e. The van der Waals surface area contributed by atoms with Crippen molar-refractivity contribution in [1.82, 2.24) is 15.1 Å². The molecule has 1 N–H and O–H groups in total. The number of carbonyl (C=O) groups is 3. The monoisotopic (exact) mass is 459 g/mol. The van der Waals surface area contributed by atoms with Crippen LogP contribution in [0.25, 0.3) is 0 Å². The van der Waals surface area contributed by atoms with Crippen molar-refractivity contribution in [3.05, 3.63) is 65.2 Å². The number of imide groups is 1. The van der Waals surface area contributed by atoms with Gasteiger partial charge >= 0.3 is 0 Å². The number of ether oxygens (including phenoxy) is 1. The third-order valence-electron chi connectivity index (χ3n) is 7.85. The lowest BCUT2D eigenvalue weighted by atomic mass is 9.89. The van der Waals surface area contributed by atoms with Crippen LogP contribution in [-0.2, 0) is 16.1 Å². The molecule has 34 heavy (non-hydrogen) atoms. The predicted octanol–water partition coefficient (Wildman–Crippen LogP) is 2.85. The summed E-state index contributed by atoms with van der Waals surface area (Å²) in [5, 5.41) is 2.35. The first-order valence-corrected chi connectivity index (χ1v) is 12.3. The van der Waals surface area contributed by atoms with E-state index in [9.17, 15) is 14.4 Å². The van der Waals surface area contributed by atoms with Gasteiger partial charge in [-0.1, -0.05) is 30.3 Å². The molecule has 3 fully saturated rings.